The standard InChI is InChI=1S/C28H19F5N2O2/c1-18-7-6-8-19(15-18)17-35-24(16-23(25(34-2)26(35)36)27(29,30)28(31,32)33)20-11-13-22(14-12-20)37-21-9-4-3-5-10-21/h3-16H,17H2,1H3. The molecule has 4 rings (SSSR count). The average Bonchev–Trinajstić information content (AvgIpc) is 2.85. The van der Waals surface area contributed by atoms with E-state index in [0.29, 0.717) is 23.1 Å². The molecule has 0 aliphatic rings. The summed E-state index contributed by atoms with van der Waals surface area (Å²) in [6.45, 7) is 8.90. The SMILES string of the molecule is [C-]#[N+]c1c(C(F)(F)C(F)(F)F)cc(-c2ccc(Oc3ccccc3)cc2)n(Cc2cccc(C)c2)c1=O. The van der Waals surface area contributed by atoms with Gasteiger partial charge in [0.25, 0.3) is 11.2 Å². The third-order valence-corrected chi connectivity index (χ3v) is 5.63. The molecule has 9 heteroatoms. The van der Waals surface area contributed by atoms with Crippen molar-refractivity contribution in [1.82, 2.24) is 4.57 Å². The molecule has 0 atom stereocenters. The van der Waals surface area contributed by atoms with E-state index in [-0.39, 0.29) is 17.8 Å². The van der Waals surface area contributed by atoms with Gasteiger partial charge in [-0.3, -0.25) is 4.79 Å². The topological polar surface area (TPSA) is 35.6 Å². The molecule has 0 saturated heterocycles. The van der Waals surface area contributed by atoms with Crippen LogP contribution in [0, 0.1) is 13.5 Å². The zero-order chi connectivity index (χ0) is 26.8. The van der Waals surface area contributed by atoms with Gasteiger partial charge < -0.3 is 9.30 Å². The molecular weight excluding hydrogens is 491 g/mol. The molecule has 4 nitrogen and oxygen atoms in total. The second-order valence-corrected chi connectivity index (χ2v) is 8.30. The van der Waals surface area contributed by atoms with Crippen molar-refractivity contribution in [3.63, 3.8) is 0 Å². The van der Waals surface area contributed by atoms with Gasteiger partial charge in [0.05, 0.1) is 6.57 Å². The van der Waals surface area contributed by atoms with Gasteiger partial charge in [-0.1, -0.05) is 48.0 Å². The highest BCUT2D eigenvalue weighted by atomic mass is 19.4. The number of hydrogen-bond donors (Lipinski definition) is 0. The maximum absolute atomic E-state index is 14.5. The van der Waals surface area contributed by atoms with Crippen molar-refractivity contribution in [2.75, 3.05) is 0 Å². The second-order valence-electron chi connectivity index (χ2n) is 8.30. The van der Waals surface area contributed by atoms with Gasteiger partial charge >= 0.3 is 12.1 Å². The van der Waals surface area contributed by atoms with Gasteiger partial charge in [0.2, 0.25) is 0 Å². The maximum Gasteiger partial charge on any atom is 0.456 e. The van der Waals surface area contributed by atoms with Crippen molar-refractivity contribution in [3.05, 3.63) is 123 Å². The Morgan fingerprint density at radius 1 is 0.865 bits per heavy atom. The molecule has 0 fully saturated rings. The first-order valence-corrected chi connectivity index (χ1v) is 11.0. The van der Waals surface area contributed by atoms with E-state index in [1.807, 2.05) is 19.1 Å². The highest BCUT2D eigenvalue weighted by molar-refractivity contribution is 5.67. The number of benzene rings is 3. The fourth-order valence-electron chi connectivity index (χ4n) is 3.84. The molecule has 0 N–H and O–H groups in total. The van der Waals surface area contributed by atoms with Crippen LogP contribution in [0.2, 0.25) is 0 Å². The summed E-state index contributed by atoms with van der Waals surface area (Å²) in [6.07, 6.45) is -5.99. The van der Waals surface area contributed by atoms with E-state index in [2.05, 4.69) is 4.85 Å². The summed E-state index contributed by atoms with van der Waals surface area (Å²) in [5.41, 5.74) is -2.72. The third-order valence-electron chi connectivity index (χ3n) is 5.63. The minimum Gasteiger partial charge on any atom is -0.457 e. The number of nitrogens with zero attached hydrogens (tertiary/aromatic N) is 2. The highest BCUT2D eigenvalue weighted by Crippen LogP contribution is 2.47. The smallest absolute Gasteiger partial charge is 0.456 e. The molecular formula is C28H19F5N2O2. The van der Waals surface area contributed by atoms with E-state index in [0.717, 1.165) is 10.1 Å². The van der Waals surface area contributed by atoms with E-state index < -0.39 is 28.9 Å². The molecule has 1 heterocycles. The molecule has 0 amide bonds. The number of hydrogen-bond acceptors (Lipinski definition) is 2. The average molecular weight is 510 g/mol. The maximum atomic E-state index is 14.5. The lowest BCUT2D eigenvalue weighted by Crippen LogP contribution is -2.36. The number of halogens is 5. The molecule has 0 bridgehead atoms. The molecule has 3 aromatic carbocycles. The fourth-order valence-corrected chi connectivity index (χ4v) is 3.84. The molecule has 4 aromatic rings. The van der Waals surface area contributed by atoms with Gasteiger partial charge in [-0.25, -0.2) is 4.85 Å². The molecule has 0 spiro atoms. The van der Waals surface area contributed by atoms with Crippen LogP contribution in [0.4, 0.5) is 27.6 Å². The molecule has 37 heavy (non-hydrogen) atoms. The first kappa shape index (κ1) is 25.6. The van der Waals surface area contributed by atoms with Gasteiger partial charge in [0, 0.05) is 17.8 Å². The normalized spacial score (nSPS) is 11.7. The molecule has 0 radical (unpaired) electrons. The number of aromatic nitrogens is 1. The molecule has 0 aliphatic carbocycles. The van der Waals surface area contributed by atoms with Crippen molar-refractivity contribution < 1.29 is 26.7 Å². The van der Waals surface area contributed by atoms with Crippen LogP contribution in [0.3, 0.4) is 0 Å². The second kappa shape index (κ2) is 9.90. The summed E-state index contributed by atoms with van der Waals surface area (Å²) in [5.74, 6) is -4.47. The van der Waals surface area contributed by atoms with Crippen molar-refractivity contribution in [2.24, 2.45) is 0 Å². The van der Waals surface area contributed by atoms with E-state index in [1.54, 1.807) is 42.5 Å². The van der Waals surface area contributed by atoms with Crippen LogP contribution in [0.1, 0.15) is 16.7 Å². The number of pyridine rings is 1. The quantitative estimate of drug-likeness (QED) is 0.196. The van der Waals surface area contributed by atoms with Crippen LogP contribution >= 0.6 is 0 Å². The predicted molar refractivity (Wildman–Crippen MR) is 129 cm³/mol. The number of para-hydroxylation sites is 1. The van der Waals surface area contributed by atoms with Gasteiger partial charge in [0.15, 0.2) is 0 Å². The Kier molecular flexibility index (Phi) is 6.86. The minimum atomic E-state index is -5.99. The predicted octanol–water partition coefficient (Wildman–Crippen LogP) is 7.87. The summed E-state index contributed by atoms with van der Waals surface area (Å²) in [4.78, 5) is 16.0. The van der Waals surface area contributed by atoms with E-state index in [9.17, 15) is 26.7 Å². The largest absolute Gasteiger partial charge is 0.457 e. The zero-order valence-corrected chi connectivity index (χ0v) is 19.4. The third kappa shape index (κ3) is 5.23. The number of ether oxygens (including phenoxy) is 1. The molecule has 188 valence electrons. The fraction of sp³-hybridized carbons (Fsp3) is 0.143. The van der Waals surface area contributed by atoms with Crippen LogP contribution in [-0.2, 0) is 12.5 Å². The van der Waals surface area contributed by atoms with E-state index in [1.165, 1.54) is 24.3 Å². The van der Waals surface area contributed by atoms with Crippen LogP contribution < -0.4 is 10.3 Å². The Labute approximate surface area is 209 Å². The Morgan fingerprint density at radius 3 is 2.11 bits per heavy atom. The summed E-state index contributed by atoms with van der Waals surface area (Å²) in [7, 11) is 0. The van der Waals surface area contributed by atoms with Crippen molar-refractivity contribution in [3.8, 4) is 22.8 Å². The summed E-state index contributed by atoms with van der Waals surface area (Å²) < 4.78 is 75.5. The lowest BCUT2D eigenvalue weighted by molar-refractivity contribution is -0.289. The monoisotopic (exact) mass is 510 g/mol. The minimum absolute atomic E-state index is 0.140. The number of aryl methyl sites for hydroxylation is 1. The van der Waals surface area contributed by atoms with E-state index >= 15 is 0 Å². The zero-order valence-electron chi connectivity index (χ0n) is 19.4. The highest BCUT2D eigenvalue weighted by Gasteiger charge is 2.60. The van der Waals surface area contributed by atoms with Crippen molar-refractivity contribution >= 4 is 5.69 Å². The molecule has 0 aliphatic heterocycles. The number of alkyl halides is 5. The Bertz CT molecular complexity index is 1520. The Balaban J connectivity index is 1.89. The lowest BCUT2D eigenvalue weighted by Gasteiger charge is -2.23. The van der Waals surface area contributed by atoms with Gasteiger partial charge in [-0.2, -0.15) is 22.0 Å². The van der Waals surface area contributed by atoms with Gasteiger partial charge in [-0.05, 0) is 60.5 Å². The number of rotatable bonds is 6. The molecule has 0 saturated carbocycles. The summed E-state index contributed by atoms with van der Waals surface area (Å²) >= 11 is 0. The van der Waals surface area contributed by atoms with Crippen LogP contribution in [0.25, 0.3) is 16.1 Å². The van der Waals surface area contributed by atoms with Crippen LogP contribution in [-0.4, -0.2) is 10.7 Å². The van der Waals surface area contributed by atoms with Crippen molar-refractivity contribution in [1.29, 1.82) is 0 Å². The van der Waals surface area contributed by atoms with Crippen molar-refractivity contribution in [2.45, 2.75) is 25.6 Å². The van der Waals surface area contributed by atoms with Gasteiger partial charge in [0.1, 0.15) is 11.5 Å². The van der Waals surface area contributed by atoms with Crippen LogP contribution in [0.5, 0.6) is 11.5 Å². The Morgan fingerprint density at radius 2 is 1.51 bits per heavy atom. The first-order valence-electron chi connectivity index (χ1n) is 11.0. The molecule has 1 aromatic heterocycles. The van der Waals surface area contributed by atoms with Gasteiger partial charge in [-0.15, -0.1) is 0 Å². The molecule has 0 unspecified atom stereocenters. The van der Waals surface area contributed by atoms with Crippen LogP contribution in [0.15, 0.2) is 89.7 Å². The van der Waals surface area contributed by atoms with E-state index in [4.69, 9.17) is 11.3 Å². The Hall–Kier alpha value is -4.45. The summed E-state index contributed by atoms with van der Waals surface area (Å²) in [5, 5.41) is 0. The first-order chi connectivity index (χ1) is 17.5. The summed E-state index contributed by atoms with van der Waals surface area (Å²) in [6, 6.07) is 22.3. The lowest BCUT2D eigenvalue weighted by atomic mass is 10.0.